The van der Waals surface area contributed by atoms with Crippen molar-refractivity contribution in [2.75, 3.05) is 24.6 Å². The average molecular weight is 463 g/mol. The number of morpholine rings is 1. The van der Waals surface area contributed by atoms with Gasteiger partial charge in [-0.1, -0.05) is 0 Å². The first kappa shape index (κ1) is 20.9. The maximum atomic E-state index is 11.4. The van der Waals surface area contributed by atoms with Crippen LogP contribution in [0.25, 0.3) is 28.1 Å². The van der Waals surface area contributed by atoms with Gasteiger partial charge in [-0.3, -0.25) is 4.79 Å². The smallest absolute Gasteiger partial charge is 0.231 e. The highest BCUT2D eigenvalue weighted by Crippen LogP contribution is 2.34. The van der Waals surface area contributed by atoms with E-state index in [4.69, 9.17) is 13.9 Å². The summed E-state index contributed by atoms with van der Waals surface area (Å²) in [4.78, 5) is 22.8. The summed E-state index contributed by atoms with van der Waals surface area (Å²) in [6.45, 7) is 6.08. The minimum absolute atomic E-state index is 0.0131. The lowest BCUT2D eigenvalue weighted by Gasteiger charge is -2.36. The number of carbonyl (C=O) groups is 1. The van der Waals surface area contributed by atoms with Crippen molar-refractivity contribution in [2.45, 2.75) is 44.9 Å². The molecule has 176 valence electrons. The third-order valence-electron chi connectivity index (χ3n) is 6.25. The maximum absolute atomic E-state index is 11.4. The monoisotopic (exact) mass is 462 g/mol. The molecule has 3 atom stereocenters. The molecule has 2 aliphatic heterocycles. The van der Waals surface area contributed by atoms with Crippen LogP contribution in [0.4, 0.5) is 5.82 Å². The summed E-state index contributed by atoms with van der Waals surface area (Å²) in [7, 11) is 0. The van der Waals surface area contributed by atoms with Crippen molar-refractivity contribution in [3.63, 3.8) is 0 Å². The fourth-order valence-electron chi connectivity index (χ4n) is 4.77. The van der Waals surface area contributed by atoms with Crippen LogP contribution < -0.4 is 15.0 Å². The van der Waals surface area contributed by atoms with Crippen LogP contribution in [0.2, 0.25) is 0 Å². The van der Waals surface area contributed by atoms with Gasteiger partial charge in [-0.25, -0.2) is 14.5 Å². The number of hydrogen-bond acceptors (Lipinski definition) is 8. The average Bonchev–Trinajstić information content (AvgIpc) is 3.54. The fourth-order valence-corrected chi connectivity index (χ4v) is 4.77. The first-order chi connectivity index (χ1) is 16.5. The second-order valence-electron chi connectivity index (χ2n) is 9.02. The molecule has 1 amide bonds. The molecule has 10 heteroatoms. The molecular formula is C24H26N6O4. The number of furan rings is 1. The number of aromatic nitrogens is 4. The summed E-state index contributed by atoms with van der Waals surface area (Å²) >= 11 is 0. The molecule has 6 heterocycles. The van der Waals surface area contributed by atoms with Gasteiger partial charge in [0.1, 0.15) is 23.7 Å². The van der Waals surface area contributed by atoms with Crippen LogP contribution in [0.1, 0.15) is 26.7 Å². The van der Waals surface area contributed by atoms with Crippen molar-refractivity contribution in [3.05, 3.63) is 36.7 Å². The Bertz CT molecular complexity index is 1350. The van der Waals surface area contributed by atoms with Crippen molar-refractivity contribution >= 4 is 28.3 Å². The SMILES string of the molecule is C[C@@H]1CN(c2nccc3oc(-c4cnc5ccc(OC[C@H]6CCC(=O)N6)nn45)cc23)C[C@H](C)O1. The van der Waals surface area contributed by atoms with E-state index in [2.05, 4.69) is 39.1 Å². The van der Waals surface area contributed by atoms with Gasteiger partial charge in [-0.15, -0.1) is 5.10 Å². The van der Waals surface area contributed by atoms with E-state index in [0.717, 1.165) is 42.0 Å². The molecule has 6 rings (SSSR count). The lowest BCUT2D eigenvalue weighted by molar-refractivity contribution is -0.119. The molecule has 2 fully saturated rings. The molecular weight excluding hydrogens is 436 g/mol. The van der Waals surface area contributed by atoms with E-state index >= 15 is 0 Å². The van der Waals surface area contributed by atoms with Crippen LogP contribution in [0.3, 0.4) is 0 Å². The van der Waals surface area contributed by atoms with E-state index < -0.39 is 0 Å². The van der Waals surface area contributed by atoms with Crippen molar-refractivity contribution in [1.29, 1.82) is 0 Å². The number of pyridine rings is 1. The highest BCUT2D eigenvalue weighted by atomic mass is 16.5. The Morgan fingerprint density at radius 3 is 2.82 bits per heavy atom. The number of carbonyl (C=O) groups excluding carboxylic acids is 1. The van der Waals surface area contributed by atoms with Crippen LogP contribution in [0, 0.1) is 0 Å². The normalized spacial score (nSPS) is 23.1. The molecule has 0 bridgehead atoms. The molecule has 0 unspecified atom stereocenters. The Morgan fingerprint density at radius 2 is 2.03 bits per heavy atom. The number of imidazole rings is 1. The minimum atomic E-state index is 0.0131. The Hall–Kier alpha value is -3.66. The lowest BCUT2D eigenvalue weighted by atomic mass is 10.2. The second kappa shape index (κ2) is 8.28. The number of anilines is 1. The predicted molar refractivity (Wildman–Crippen MR) is 125 cm³/mol. The number of fused-ring (bicyclic) bond motifs is 2. The molecule has 2 aliphatic rings. The number of nitrogens with zero attached hydrogens (tertiary/aromatic N) is 5. The van der Waals surface area contributed by atoms with Crippen molar-refractivity contribution in [3.8, 4) is 17.3 Å². The van der Waals surface area contributed by atoms with Crippen LogP contribution in [0.15, 0.2) is 41.1 Å². The highest BCUT2D eigenvalue weighted by molar-refractivity contribution is 5.92. The summed E-state index contributed by atoms with van der Waals surface area (Å²) in [5, 5.41) is 8.46. The number of ether oxygens (including phenoxy) is 2. The molecule has 0 spiro atoms. The summed E-state index contributed by atoms with van der Waals surface area (Å²) in [6.07, 6.45) is 5.09. The van der Waals surface area contributed by atoms with Crippen LogP contribution in [0.5, 0.6) is 5.88 Å². The Kier molecular flexibility index (Phi) is 5.09. The molecule has 2 saturated heterocycles. The zero-order valence-electron chi connectivity index (χ0n) is 19.1. The fraction of sp³-hybridized carbons (Fsp3) is 0.417. The molecule has 1 N–H and O–H groups in total. The number of rotatable bonds is 5. The first-order valence-electron chi connectivity index (χ1n) is 11.6. The number of amides is 1. The molecule has 0 radical (unpaired) electrons. The van der Waals surface area contributed by atoms with Crippen molar-refractivity contribution in [1.82, 2.24) is 24.9 Å². The molecule has 0 aromatic carbocycles. The summed E-state index contributed by atoms with van der Waals surface area (Å²) < 4.78 is 19.7. The van der Waals surface area contributed by atoms with E-state index in [-0.39, 0.29) is 24.2 Å². The highest BCUT2D eigenvalue weighted by Gasteiger charge is 2.26. The van der Waals surface area contributed by atoms with Gasteiger partial charge in [0.05, 0.1) is 29.8 Å². The van der Waals surface area contributed by atoms with Gasteiger partial charge in [0.25, 0.3) is 0 Å². The summed E-state index contributed by atoms with van der Waals surface area (Å²) in [6, 6.07) is 7.51. The largest absolute Gasteiger partial charge is 0.474 e. The van der Waals surface area contributed by atoms with Crippen LogP contribution in [-0.4, -0.2) is 63.4 Å². The molecule has 10 nitrogen and oxygen atoms in total. The van der Waals surface area contributed by atoms with Gasteiger partial charge in [-0.05, 0) is 38.5 Å². The quantitative estimate of drug-likeness (QED) is 0.483. The van der Waals surface area contributed by atoms with Gasteiger partial charge in [0.15, 0.2) is 11.4 Å². The number of nitrogens with one attached hydrogen (secondary N) is 1. The lowest BCUT2D eigenvalue weighted by Crippen LogP contribution is -2.45. The van der Waals surface area contributed by atoms with E-state index in [9.17, 15) is 4.79 Å². The van der Waals surface area contributed by atoms with Gasteiger partial charge >= 0.3 is 0 Å². The standard InChI is InChI=1S/C24H26N6O4/c1-14-11-29(12-15(2)33-14)24-17-9-20(34-19(17)7-8-25-24)18-10-26-21-4-6-23(28-30(18)21)32-13-16-3-5-22(31)27-16/h4,6-10,14-16H,3,5,11-13H2,1-2H3,(H,27,31)/t14-,15+,16-/m1/s1. The predicted octanol–water partition coefficient (Wildman–Crippen LogP) is 2.81. The van der Waals surface area contributed by atoms with Crippen LogP contribution in [-0.2, 0) is 9.53 Å². The minimum Gasteiger partial charge on any atom is -0.474 e. The van der Waals surface area contributed by atoms with E-state index in [1.807, 2.05) is 18.2 Å². The zero-order valence-corrected chi connectivity index (χ0v) is 19.1. The van der Waals surface area contributed by atoms with Crippen LogP contribution >= 0.6 is 0 Å². The number of hydrogen-bond donors (Lipinski definition) is 1. The first-order valence-corrected chi connectivity index (χ1v) is 11.6. The van der Waals surface area contributed by atoms with E-state index in [0.29, 0.717) is 30.3 Å². The third-order valence-corrected chi connectivity index (χ3v) is 6.25. The summed E-state index contributed by atoms with van der Waals surface area (Å²) in [5.41, 5.74) is 2.16. The van der Waals surface area contributed by atoms with Gasteiger partial charge in [-0.2, -0.15) is 0 Å². The van der Waals surface area contributed by atoms with Gasteiger partial charge < -0.3 is 24.1 Å². The van der Waals surface area contributed by atoms with Crippen molar-refractivity contribution < 1.29 is 18.7 Å². The molecule has 4 aromatic rings. The molecule has 0 aliphatic carbocycles. The van der Waals surface area contributed by atoms with Crippen molar-refractivity contribution in [2.24, 2.45) is 0 Å². The molecule has 34 heavy (non-hydrogen) atoms. The second-order valence-corrected chi connectivity index (χ2v) is 9.02. The van der Waals surface area contributed by atoms with E-state index in [1.165, 1.54) is 0 Å². The third kappa shape index (κ3) is 3.83. The molecule has 4 aromatic heterocycles. The summed E-state index contributed by atoms with van der Waals surface area (Å²) in [5.74, 6) is 2.06. The van der Waals surface area contributed by atoms with E-state index in [1.54, 1.807) is 23.0 Å². The Balaban J connectivity index is 1.31. The zero-order chi connectivity index (χ0) is 23.2. The molecule has 0 saturated carbocycles. The van der Waals surface area contributed by atoms with Gasteiger partial charge in [0.2, 0.25) is 11.8 Å². The Labute approximate surface area is 195 Å². The topological polar surface area (TPSA) is 107 Å². The Morgan fingerprint density at radius 1 is 1.18 bits per heavy atom. The van der Waals surface area contributed by atoms with Gasteiger partial charge in [0, 0.05) is 31.8 Å². The maximum Gasteiger partial charge on any atom is 0.231 e.